The predicted molar refractivity (Wildman–Crippen MR) is 167 cm³/mol. The first-order chi connectivity index (χ1) is 20.1. The maximum absolute atomic E-state index is 13.5. The van der Waals surface area contributed by atoms with Crippen LogP contribution in [-0.2, 0) is 17.8 Å². The van der Waals surface area contributed by atoms with Crippen molar-refractivity contribution in [2.24, 2.45) is 5.92 Å². The van der Waals surface area contributed by atoms with Crippen LogP contribution in [-0.4, -0.2) is 71.8 Å². The van der Waals surface area contributed by atoms with Crippen LogP contribution in [0.2, 0.25) is 0 Å². The molecule has 3 amide bonds. The lowest BCUT2D eigenvalue weighted by Crippen LogP contribution is -2.47. The number of aliphatic hydroxyl groups is 1. The minimum absolute atomic E-state index is 0.00248. The fourth-order valence-electron chi connectivity index (χ4n) is 5.27. The summed E-state index contributed by atoms with van der Waals surface area (Å²) in [7, 11) is 2.08. The van der Waals surface area contributed by atoms with Gasteiger partial charge in [-0.05, 0) is 62.7 Å². The largest absolute Gasteiger partial charge is 0.488 e. The van der Waals surface area contributed by atoms with E-state index in [1.807, 2.05) is 45.0 Å². The molecule has 0 unspecified atom stereocenters. The Kier molecular flexibility index (Phi) is 10.6. The maximum atomic E-state index is 13.5. The van der Waals surface area contributed by atoms with E-state index in [0.29, 0.717) is 30.1 Å². The van der Waals surface area contributed by atoms with Gasteiger partial charge in [-0.25, -0.2) is 4.79 Å². The average molecular weight is 573 g/mol. The number of hydrogen-bond donors (Lipinski definition) is 3. The highest BCUT2D eigenvalue weighted by Gasteiger charge is 2.31. The number of nitrogens with zero attached hydrogens (tertiary/aromatic N) is 2. The molecule has 224 valence electrons. The van der Waals surface area contributed by atoms with Gasteiger partial charge >= 0.3 is 6.03 Å². The van der Waals surface area contributed by atoms with Gasteiger partial charge in [-0.1, -0.05) is 61.5 Å². The molecule has 8 heteroatoms. The van der Waals surface area contributed by atoms with Crippen LogP contribution >= 0.6 is 0 Å². The highest BCUT2D eigenvalue weighted by molar-refractivity contribution is 5.90. The fraction of sp³-hybridized carbons (Fsp3) is 0.412. The number of amides is 3. The van der Waals surface area contributed by atoms with E-state index < -0.39 is 0 Å². The van der Waals surface area contributed by atoms with Crippen molar-refractivity contribution in [3.8, 4) is 16.9 Å². The van der Waals surface area contributed by atoms with Gasteiger partial charge in [0.1, 0.15) is 11.9 Å². The van der Waals surface area contributed by atoms with Gasteiger partial charge in [0.2, 0.25) is 5.91 Å². The first-order valence-electron chi connectivity index (χ1n) is 14.7. The van der Waals surface area contributed by atoms with Crippen molar-refractivity contribution in [1.82, 2.24) is 15.1 Å². The van der Waals surface area contributed by atoms with Crippen LogP contribution in [0, 0.1) is 5.92 Å². The molecule has 0 aromatic heterocycles. The third kappa shape index (κ3) is 8.33. The van der Waals surface area contributed by atoms with Crippen molar-refractivity contribution < 1.29 is 19.4 Å². The second kappa shape index (κ2) is 14.3. The second-order valence-electron chi connectivity index (χ2n) is 11.7. The number of rotatable bonds is 9. The van der Waals surface area contributed by atoms with Crippen LogP contribution in [0.1, 0.15) is 38.8 Å². The summed E-state index contributed by atoms with van der Waals surface area (Å²) >= 11 is 0. The zero-order valence-corrected chi connectivity index (χ0v) is 25.3. The average Bonchev–Trinajstić information content (AvgIpc) is 3.00. The second-order valence-corrected chi connectivity index (χ2v) is 11.7. The molecule has 3 aromatic carbocycles. The van der Waals surface area contributed by atoms with E-state index in [2.05, 4.69) is 65.9 Å². The summed E-state index contributed by atoms with van der Waals surface area (Å²) < 4.78 is 6.64. The molecule has 0 radical (unpaired) electrons. The van der Waals surface area contributed by atoms with Gasteiger partial charge in [0.05, 0.1) is 19.1 Å². The standard InChI is InChI=1S/C34H44N4O4/c1-23(2)35-34(41)36-30-15-16-31-29(17-30)18-33(40)38(25(4)22-39)19-24(3)32(42-31)21-37(5)20-26-11-13-28(14-12-26)27-9-7-6-8-10-27/h6-17,23-25,32,39H,18-22H2,1-5H3,(H2,35,36,41)/t24-,25+,32+/m1/s1. The number of hydrogen-bond acceptors (Lipinski definition) is 5. The van der Waals surface area contributed by atoms with Crippen molar-refractivity contribution in [2.75, 3.05) is 32.1 Å². The molecule has 0 saturated carbocycles. The molecule has 0 spiro atoms. The third-order valence-corrected chi connectivity index (χ3v) is 7.60. The summed E-state index contributed by atoms with van der Waals surface area (Å²) in [5, 5.41) is 15.6. The first-order valence-corrected chi connectivity index (χ1v) is 14.7. The quantitative estimate of drug-likeness (QED) is 0.329. The molecule has 0 fully saturated rings. The highest BCUT2D eigenvalue weighted by Crippen LogP contribution is 2.29. The Hall–Kier alpha value is -3.88. The Morgan fingerprint density at radius 2 is 1.74 bits per heavy atom. The Balaban J connectivity index is 1.53. The third-order valence-electron chi connectivity index (χ3n) is 7.60. The molecule has 8 nitrogen and oxygen atoms in total. The topological polar surface area (TPSA) is 94.1 Å². The molecule has 0 aliphatic carbocycles. The first kappa shape index (κ1) is 31.1. The number of urea groups is 1. The minimum atomic E-state index is -0.318. The van der Waals surface area contributed by atoms with Crippen LogP contribution < -0.4 is 15.4 Å². The monoisotopic (exact) mass is 572 g/mol. The minimum Gasteiger partial charge on any atom is -0.488 e. The van der Waals surface area contributed by atoms with Crippen LogP contribution in [0.25, 0.3) is 11.1 Å². The summed E-state index contributed by atoms with van der Waals surface area (Å²) in [5.74, 6) is 0.560. The predicted octanol–water partition coefficient (Wildman–Crippen LogP) is 5.16. The number of fused-ring (bicyclic) bond motifs is 1. The van der Waals surface area contributed by atoms with E-state index in [4.69, 9.17) is 4.74 Å². The summed E-state index contributed by atoms with van der Waals surface area (Å²) in [5.41, 5.74) is 4.87. The molecule has 1 aliphatic rings. The number of carbonyl (C=O) groups excluding carboxylic acids is 2. The molecule has 0 bridgehead atoms. The van der Waals surface area contributed by atoms with Crippen LogP contribution in [0.3, 0.4) is 0 Å². The Bertz CT molecular complexity index is 1330. The number of benzene rings is 3. The van der Waals surface area contributed by atoms with Gasteiger partial charge in [-0.2, -0.15) is 0 Å². The molecular formula is C34H44N4O4. The van der Waals surface area contributed by atoms with Gasteiger partial charge in [-0.15, -0.1) is 0 Å². The van der Waals surface area contributed by atoms with E-state index in [0.717, 1.165) is 6.54 Å². The van der Waals surface area contributed by atoms with Crippen molar-refractivity contribution >= 4 is 17.6 Å². The smallest absolute Gasteiger partial charge is 0.319 e. The molecule has 3 aromatic rings. The van der Waals surface area contributed by atoms with Gasteiger partial charge in [0, 0.05) is 42.8 Å². The molecule has 3 N–H and O–H groups in total. The number of nitrogens with one attached hydrogen (secondary N) is 2. The van der Waals surface area contributed by atoms with Gasteiger partial charge in [-0.3, -0.25) is 9.69 Å². The summed E-state index contributed by atoms with van der Waals surface area (Å²) in [6, 6.07) is 23.8. The number of anilines is 1. The molecule has 42 heavy (non-hydrogen) atoms. The lowest BCUT2D eigenvalue weighted by Gasteiger charge is -2.34. The van der Waals surface area contributed by atoms with E-state index >= 15 is 0 Å². The molecule has 0 saturated heterocycles. The van der Waals surface area contributed by atoms with E-state index in [1.54, 1.807) is 17.0 Å². The summed E-state index contributed by atoms with van der Waals surface area (Å²) in [6.45, 7) is 9.49. The van der Waals surface area contributed by atoms with Crippen LogP contribution in [0.15, 0.2) is 72.8 Å². The van der Waals surface area contributed by atoms with Gasteiger partial charge < -0.3 is 25.4 Å². The van der Waals surface area contributed by atoms with E-state index in [1.165, 1.54) is 16.7 Å². The zero-order valence-electron chi connectivity index (χ0n) is 25.3. The number of ether oxygens (including phenoxy) is 1. The van der Waals surface area contributed by atoms with Gasteiger partial charge in [0.15, 0.2) is 0 Å². The molecule has 4 rings (SSSR count). The summed E-state index contributed by atoms with van der Waals surface area (Å²) in [4.78, 5) is 29.8. The van der Waals surface area contributed by atoms with Gasteiger partial charge in [0.25, 0.3) is 0 Å². The Labute approximate surface area is 249 Å². The van der Waals surface area contributed by atoms with Crippen LogP contribution in [0.4, 0.5) is 10.5 Å². The van der Waals surface area contributed by atoms with Crippen molar-refractivity contribution in [3.05, 3.63) is 83.9 Å². The SMILES string of the molecule is CC(C)NC(=O)Nc1ccc2c(c1)CC(=O)N([C@@H](C)CO)C[C@@H](C)[C@H](CN(C)Cc1ccc(-c3ccccc3)cc1)O2. The molecule has 1 aliphatic heterocycles. The Morgan fingerprint density at radius 3 is 2.40 bits per heavy atom. The Morgan fingerprint density at radius 1 is 1.05 bits per heavy atom. The number of aliphatic hydroxyl groups excluding tert-OH is 1. The normalized spacial score (nSPS) is 18.0. The summed E-state index contributed by atoms with van der Waals surface area (Å²) in [6.07, 6.45) is -0.0935. The van der Waals surface area contributed by atoms with Crippen LogP contribution in [0.5, 0.6) is 5.75 Å². The van der Waals surface area contributed by atoms with Crippen molar-refractivity contribution in [3.63, 3.8) is 0 Å². The molecule has 1 heterocycles. The zero-order chi connectivity index (χ0) is 30.2. The fourth-order valence-corrected chi connectivity index (χ4v) is 5.27. The maximum Gasteiger partial charge on any atom is 0.319 e. The number of carbonyl (C=O) groups is 2. The lowest BCUT2D eigenvalue weighted by atomic mass is 10.0. The van der Waals surface area contributed by atoms with Crippen molar-refractivity contribution in [1.29, 1.82) is 0 Å². The van der Waals surface area contributed by atoms with E-state index in [9.17, 15) is 14.7 Å². The molecule has 3 atom stereocenters. The highest BCUT2D eigenvalue weighted by atomic mass is 16.5. The number of likely N-dealkylation sites (N-methyl/N-ethyl adjacent to an activating group) is 1. The van der Waals surface area contributed by atoms with Crippen molar-refractivity contribution in [2.45, 2.75) is 58.8 Å². The van der Waals surface area contributed by atoms with E-state index in [-0.39, 0.29) is 49.1 Å². The lowest BCUT2D eigenvalue weighted by molar-refractivity contribution is -0.134. The molecular weight excluding hydrogens is 528 g/mol.